The lowest BCUT2D eigenvalue weighted by Crippen LogP contribution is -2.11. The van der Waals surface area contributed by atoms with Gasteiger partial charge in [0.05, 0.1) is 0 Å². The monoisotopic (exact) mass is 283 g/mol. The molecule has 1 rings (SSSR count). The summed E-state index contributed by atoms with van der Waals surface area (Å²) in [6.07, 6.45) is 8.83. The van der Waals surface area contributed by atoms with E-state index in [-0.39, 0.29) is 5.69 Å². The molecule has 0 saturated heterocycles. The number of carbonyl (C=O) groups is 1. The van der Waals surface area contributed by atoms with Crippen LogP contribution in [0.1, 0.15) is 68.8 Å². The minimum Gasteiger partial charge on any atom is -0.477 e. The molecule has 20 heavy (non-hydrogen) atoms. The molecule has 114 valence electrons. The molecule has 0 radical (unpaired) electrons. The van der Waals surface area contributed by atoms with Gasteiger partial charge >= 0.3 is 5.97 Å². The Bertz CT molecular complexity index is 390. The number of halogens is 1. The van der Waals surface area contributed by atoms with Crippen molar-refractivity contribution in [3.05, 3.63) is 24.0 Å². The summed E-state index contributed by atoms with van der Waals surface area (Å²) in [6.45, 7) is 2.62. The second-order valence-corrected chi connectivity index (χ2v) is 5.33. The summed E-state index contributed by atoms with van der Waals surface area (Å²) >= 11 is 0. The summed E-state index contributed by atoms with van der Waals surface area (Å²) in [4.78, 5) is 10.9. The molecule has 4 heteroatoms. The van der Waals surface area contributed by atoms with E-state index in [0.717, 1.165) is 12.8 Å². The number of nitrogens with zero attached hydrogens (tertiary/aromatic N) is 1. The Balaban J connectivity index is 2.15. The molecule has 0 aliphatic carbocycles. The number of carboxylic acid groups (broad SMARTS) is 1. The van der Waals surface area contributed by atoms with Crippen LogP contribution in [0.5, 0.6) is 0 Å². The summed E-state index contributed by atoms with van der Waals surface area (Å²) in [5.41, 5.74) is 0.233. The van der Waals surface area contributed by atoms with Crippen molar-refractivity contribution in [3.8, 4) is 0 Å². The van der Waals surface area contributed by atoms with Crippen LogP contribution in [0, 0.1) is 0 Å². The number of aromatic carboxylic acids is 1. The van der Waals surface area contributed by atoms with Crippen molar-refractivity contribution in [1.29, 1.82) is 0 Å². The van der Waals surface area contributed by atoms with E-state index in [1.54, 1.807) is 22.9 Å². The first-order valence-electron chi connectivity index (χ1n) is 7.67. The topological polar surface area (TPSA) is 42.2 Å². The zero-order chi connectivity index (χ0) is 14.8. The molecule has 1 heterocycles. The predicted octanol–water partition coefficient (Wildman–Crippen LogP) is 4.67. The summed E-state index contributed by atoms with van der Waals surface area (Å²) in [6, 6.07) is 3.23. The highest BCUT2D eigenvalue weighted by atomic mass is 19.1. The number of aryl methyl sites for hydroxylation is 1. The number of alkyl halides is 1. The molecule has 1 aromatic heterocycles. The van der Waals surface area contributed by atoms with E-state index in [1.165, 1.54) is 25.7 Å². The van der Waals surface area contributed by atoms with Gasteiger partial charge in [0.25, 0.3) is 0 Å². The SMILES string of the molecule is CCCCCCCCC(F)CCn1cccc1C(=O)O. The average molecular weight is 283 g/mol. The number of aromatic nitrogens is 1. The van der Waals surface area contributed by atoms with Crippen molar-refractivity contribution >= 4 is 5.97 Å². The second-order valence-electron chi connectivity index (χ2n) is 5.33. The summed E-state index contributed by atoms with van der Waals surface area (Å²) in [5.74, 6) is -0.957. The number of carboxylic acids is 1. The van der Waals surface area contributed by atoms with Gasteiger partial charge in [0.15, 0.2) is 0 Å². The minimum atomic E-state index is -0.957. The van der Waals surface area contributed by atoms with Crippen molar-refractivity contribution in [3.63, 3.8) is 0 Å². The van der Waals surface area contributed by atoms with E-state index in [2.05, 4.69) is 6.92 Å². The van der Waals surface area contributed by atoms with Gasteiger partial charge in [-0.15, -0.1) is 0 Å². The van der Waals surface area contributed by atoms with Crippen molar-refractivity contribution in [2.45, 2.75) is 71.0 Å². The molecule has 0 aliphatic rings. The zero-order valence-electron chi connectivity index (χ0n) is 12.4. The Morgan fingerprint density at radius 1 is 1.25 bits per heavy atom. The van der Waals surface area contributed by atoms with Crippen molar-refractivity contribution in [2.24, 2.45) is 0 Å². The summed E-state index contributed by atoms with van der Waals surface area (Å²) in [5, 5.41) is 8.95. The predicted molar refractivity (Wildman–Crippen MR) is 78.9 cm³/mol. The van der Waals surface area contributed by atoms with Gasteiger partial charge in [-0.2, -0.15) is 0 Å². The third-order valence-electron chi connectivity index (χ3n) is 3.60. The fourth-order valence-corrected chi connectivity index (χ4v) is 2.37. The lowest BCUT2D eigenvalue weighted by atomic mass is 10.1. The molecule has 0 fully saturated rings. The van der Waals surface area contributed by atoms with E-state index in [1.807, 2.05) is 0 Å². The molecule has 1 unspecified atom stereocenters. The molecule has 0 amide bonds. The number of hydrogen-bond donors (Lipinski definition) is 1. The van der Waals surface area contributed by atoms with Gasteiger partial charge in [0, 0.05) is 12.7 Å². The fourth-order valence-electron chi connectivity index (χ4n) is 2.37. The maximum Gasteiger partial charge on any atom is 0.352 e. The van der Waals surface area contributed by atoms with Crippen LogP contribution < -0.4 is 0 Å². The average Bonchev–Trinajstić information content (AvgIpc) is 2.89. The highest BCUT2D eigenvalue weighted by molar-refractivity contribution is 5.85. The van der Waals surface area contributed by atoms with Crippen LogP contribution in [0.4, 0.5) is 4.39 Å². The standard InChI is InChI=1S/C16H26FNO2/c1-2-3-4-5-6-7-9-14(17)11-13-18-12-8-10-15(18)16(19)20/h8,10,12,14H,2-7,9,11,13H2,1H3,(H,19,20). The zero-order valence-corrected chi connectivity index (χ0v) is 12.4. The molecule has 0 aromatic carbocycles. The highest BCUT2D eigenvalue weighted by Gasteiger charge is 2.11. The van der Waals surface area contributed by atoms with Gasteiger partial charge in [0.1, 0.15) is 11.9 Å². The minimum absolute atomic E-state index is 0.233. The largest absolute Gasteiger partial charge is 0.477 e. The summed E-state index contributed by atoms with van der Waals surface area (Å²) in [7, 11) is 0. The Morgan fingerprint density at radius 3 is 2.65 bits per heavy atom. The third-order valence-corrected chi connectivity index (χ3v) is 3.60. The quantitative estimate of drug-likeness (QED) is 0.600. The fraction of sp³-hybridized carbons (Fsp3) is 0.688. The molecule has 0 aliphatic heterocycles. The van der Waals surface area contributed by atoms with Crippen molar-refractivity contribution < 1.29 is 14.3 Å². The first-order chi connectivity index (χ1) is 9.65. The van der Waals surface area contributed by atoms with Crippen LogP contribution in [0.3, 0.4) is 0 Å². The van der Waals surface area contributed by atoms with Gasteiger partial charge < -0.3 is 9.67 Å². The number of unbranched alkanes of at least 4 members (excludes halogenated alkanes) is 5. The molecule has 3 nitrogen and oxygen atoms in total. The normalized spacial score (nSPS) is 12.5. The van der Waals surface area contributed by atoms with Crippen LogP contribution in [0.2, 0.25) is 0 Å². The lowest BCUT2D eigenvalue weighted by Gasteiger charge is -2.10. The highest BCUT2D eigenvalue weighted by Crippen LogP contribution is 2.14. The Morgan fingerprint density at radius 2 is 1.95 bits per heavy atom. The molecule has 0 bridgehead atoms. The van der Waals surface area contributed by atoms with Crippen LogP contribution in [-0.4, -0.2) is 21.8 Å². The second kappa shape index (κ2) is 9.56. The number of rotatable bonds is 11. The summed E-state index contributed by atoms with van der Waals surface area (Å²) < 4.78 is 15.3. The molecular formula is C16H26FNO2. The van der Waals surface area contributed by atoms with Gasteiger partial charge in [-0.25, -0.2) is 9.18 Å². The van der Waals surface area contributed by atoms with Crippen LogP contribution in [-0.2, 0) is 6.54 Å². The maximum atomic E-state index is 13.7. The first kappa shape index (κ1) is 16.7. The van der Waals surface area contributed by atoms with Gasteiger partial charge in [0.2, 0.25) is 0 Å². The number of hydrogen-bond acceptors (Lipinski definition) is 1. The van der Waals surface area contributed by atoms with E-state index in [4.69, 9.17) is 5.11 Å². The van der Waals surface area contributed by atoms with Crippen LogP contribution >= 0.6 is 0 Å². The van der Waals surface area contributed by atoms with Crippen molar-refractivity contribution in [2.75, 3.05) is 0 Å². The third kappa shape index (κ3) is 6.22. The van der Waals surface area contributed by atoms with E-state index < -0.39 is 12.1 Å². The van der Waals surface area contributed by atoms with Gasteiger partial charge in [-0.3, -0.25) is 0 Å². The van der Waals surface area contributed by atoms with Crippen LogP contribution in [0.15, 0.2) is 18.3 Å². The van der Waals surface area contributed by atoms with Gasteiger partial charge in [-0.1, -0.05) is 45.4 Å². The van der Waals surface area contributed by atoms with Crippen molar-refractivity contribution in [1.82, 2.24) is 4.57 Å². The van der Waals surface area contributed by atoms with Gasteiger partial charge in [-0.05, 0) is 25.0 Å². The maximum absolute atomic E-state index is 13.7. The lowest BCUT2D eigenvalue weighted by molar-refractivity contribution is 0.0684. The molecule has 1 aromatic rings. The Kier molecular flexibility index (Phi) is 8.00. The Labute approximate surface area is 120 Å². The molecular weight excluding hydrogens is 257 g/mol. The molecule has 0 spiro atoms. The molecule has 1 atom stereocenters. The Hall–Kier alpha value is -1.32. The smallest absolute Gasteiger partial charge is 0.352 e. The molecule has 0 saturated carbocycles. The molecule has 1 N–H and O–H groups in total. The van der Waals surface area contributed by atoms with Crippen LogP contribution in [0.25, 0.3) is 0 Å². The van der Waals surface area contributed by atoms with E-state index >= 15 is 0 Å². The van der Waals surface area contributed by atoms with E-state index in [0.29, 0.717) is 19.4 Å². The van der Waals surface area contributed by atoms with E-state index in [9.17, 15) is 9.18 Å². The first-order valence-corrected chi connectivity index (χ1v) is 7.67.